The van der Waals surface area contributed by atoms with E-state index in [1.54, 1.807) is 11.8 Å². The zero-order valence-electron chi connectivity index (χ0n) is 12.4. The van der Waals surface area contributed by atoms with E-state index in [0.29, 0.717) is 5.92 Å². The summed E-state index contributed by atoms with van der Waals surface area (Å²) in [6.45, 7) is 4.42. The monoisotopic (exact) mass is 298 g/mol. The van der Waals surface area contributed by atoms with Crippen LogP contribution in [0.25, 0.3) is 16.8 Å². The van der Waals surface area contributed by atoms with E-state index < -0.39 is 0 Å². The number of hydrogen-bond acceptors (Lipinski definition) is 4. The van der Waals surface area contributed by atoms with Crippen molar-refractivity contribution in [2.75, 3.05) is 6.26 Å². The fraction of sp³-hybridized carbons (Fsp3) is 0.312. The number of fused-ring (bicyclic) bond motifs is 1. The summed E-state index contributed by atoms with van der Waals surface area (Å²) in [7, 11) is 0. The van der Waals surface area contributed by atoms with E-state index in [1.165, 1.54) is 0 Å². The van der Waals surface area contributed by atoms with E-state index in [9.17, 15) is 0 Å². The number of hydrogen-bond donors (Lipinski definition) is 0. The van der Waals surface area contributed by atoms with E-state index in [-0.39, 0.29) is 0 Å². The molecule has 0 N–H and O–H groups in total. The van der Waals surface area contributed by atoms with Gasteiger partial charge in [0.15, 0.2) is 5.16 Å². The van der Waals surface area contributed by atoms with Gasteiger partial charge in [-0.3, -0.25) is 0 Å². The second kappa shape index (κ2) is 5.85. The number of pyridine rings is 1. The molecular formula is C16H18N4S. The average molecular weight is 298 g/mol. The number of rotatable bonds is 4. The predicted molar refractivity (Wildman–Crippen MR) is 86.5 cm³/mol. The van der Waals surface area contributed by atoms with Gasteiger partial charge in [0.25, 0.3) is 0 Å². The van der Waals surface area contributed by atoms with Crippen LogP contribution in [-0.4, -0.2) is 25.8 Å². The Bertz CT molecular complexity index is 764. The molecule has 0 amide bonds. The van der Waals surface area contributed by atoms with Gasteiger partial charge in [-0.1, -0.05) is 31.7 Å². The van der Waals surface area contributed by atoms with Crippen molar-refractivity contribution in [3.05, 3.63) is 42.4 Å². The summed E-state index contributed by atoms with van der Waals surface area (Å²) in [5.74, 6) is 0.551. The molecule has 3 aromatic heterocycles. The fourth-order valence-corrected chi connectivity index (χ4v) is 2.79. The van der Waals surface area contributed by atoms with Crippen molar-refractivity contribution < 1.29 is 0 Å². The molecule has 0 unspecified atom stereocenters. The van der Waals surface area contributed by atoms with E-state index in [1.807, 2.05) is 41.4 Å². The summed E-state index contributed by atoms with van der Waals surface area (Å²) < 4.78 is 1.94. The van der Waals surface area contributed by atoms with Gasteiger partial charge in [-0.2, -0.15) is 5.10 Å². The largest absolute Gasteiger partial charge is 0.240 e. The first-order chi connectivity index (χ1) is 10.2. The molecule has 3 rings (SSSR count). The molecule has 0 radical (unpaired) electrons. The van der Waals surface area contributed by atoms with Crippen LogP contribution in [-0.2, 0) is 6.42 Å². The molecule has 3 heterocycles. The number of nitrogens with zero attached hydrogens (tertiary/aromatic N) is 4. The third-order valence-corrected chi connectivity index (χ3v) is 3.85. The first kappa shape index (κ1) is 14.1. The summed E-state index contributed by atoms with van der Waals surface area (Å²) in [5.41, 5.74) is 4.27. The van der Waals surface area contributed by atoms with Crippen LogP contribution >= 0.6 is 11.8 Å². The van der Waals surface area contributed by atoms with Crippen molar-refractivity contribution in [1.29, 1.82) is 0 Å². The Morgan fingerprint density at radius 1 is 1.24 bits per heavy atom. The van der Waals surface area contributed by atoms with Crippen molar-refractivity contribution in [3.8, 4) is 11.3 Å². The van der Waals surface area contributed by atoms with Gasteiger partial charge in [0.1, 0.15) is 0 Å². The van der Waals surface area contributed by atoms with E-state index in [4.69, 9.17) is 5.10 Å². The van der Waals surface area contributed by atoms with E-state index in [2.05, 4.69) is 29.9 Å². The molecule has 3 aromatic rings. The smallest absolute Gasteiger partial charge is 0.187 e. The van der Waals surface area contributed by atoms with Gasteiger partial charge in [-0.05, 0) is 36.8 Å². The SMILES string of the molecule is CSc1nccc(-c2c(CC(C)C)nn3ccccc23)n1. The van der Waals surface area contributed by atoms with Gasteiger partial charge >= 0.3 is 0 Å². The van der Waals surface area contributed by atoms with Crippen LogP contribution in [0.4, 0.5) is 0 Å². The molecule has 0 bridgehead atoms. The van der Waals surface area contributed by atoms with Gasteiger partial charge in [-0.25, -0.2) is 14.5 Å². The Morgan fingerprint density at radius 2 is 2.10 bits per heavy atom. The van der Waals surface area contributed by atoms with Crippen LogP contribution in [0.15, 0.2) is 41.8 Å². The molecular weight excluding hydrogens is 280 g/mol. The lowest BCUT2D eigenvalue weighted by Crippen LogP contribution is -1.98. The zero-order valence-corrected chi connectivity index (χ0v) is 13.3. The minimum absolute atomic E-state index is 0.551. The third kappa shape index (κ3) is 2.78. The van der Waals surface area contributed by atoms with Crippen LogP contribution < -0.4 is 0 Å². The quantitative estimate of drug-likeness (QED) is 0.544. The normalized spacial score (nSPS) is 11.4. The molecule has 0 spiro atoms. The molecule has 0 saturated heterocycles. The standard InChI is InChI=1S/C16H18N4S/c1-11(2)10-13-15(12-7-8-17-16(18-12)21-3)14-6-4-5-9-20(14)19-13/h4-9,11H,10H2,1-3H3. The Hall–Kier alpha value is -1.88. The molecule has 5 heteroatoms. The summed E-state index contributed by atoms with van der Waals surface area (Å²) in [4.78, 5) is 8.91. The maximum atomic E-state index is 4.73. The summed E-state index contributed by atoms with van der Waals surface area (Å²) in [6.07, 6.45) is 6.74. The van der Waals surface area contributed by atoms with Crippen molar-refractivity contribution in [2.45, 2.75) is 25.4 Å². The highest BCUT2D eigenvalue weighted by Crippen LogP contribution is 2.29. The second-order valence-electron chi connectivity index (χ2n) is 5.38. The maximum absolute atomic E-state index is 4.73. The van der Waals surface area contributed by atoms with E-state index in [0.717, 1.165) is 34.0 Å². The predicted octanol–water partition coefficient (Wildman–Crippen LogP) is 3.71. The molecule has 4 nitrogen and oxygen atoms in total. The van der Waals surface area contributed by atoms with Crippen LogP contribution in [0, 0.1) is 5.92 Å². The Kier molecular flexibility index (Phi) is 3.92. The molecule has 108 valence electrons. The van der Waals surface area contributed by atoms with Crippen LogP contribution in [0.3, 0.4) is 0 Å². The lowest BCUT2D eigenvalue weighted by Gasteiger charge is -2.06. The topological polar surface area (TPSA) is 43.1 Å². The van der Waals surface area contributed by atoms with Crippen molar-refractivity contribution in [3.63, 3.8) is 0 Å². The van der Waals surface area contributed by atoms with Crippen molar-refractivity contribution in [1.82, 2.24) is 19.6 Å². The molecule has 0 aliphatic heterocycles. The van der Waals surface area contributed by atoms with Gasteiger partial charge in [0.05, 0.1) is 16.9 Å². The Morgan fingerprint density at radius 3 is 2.86 bits per heavy atom. The molecule has 0 aromatic carbocycles. The minimum Gasteiger partial charge on any atom is -0.240 e. The highest BCUT2D eigenvalue weighted by Gasteiger charge is 2.16. The van der Waals surface area contributed by atoms with E-state index >= 15 is 0 Å². The Balaban J connectivity index is 2.22. The molecule has 21 heavy (non-hydrogen) atoms. The zero-order chi connectivity index (χ0) is 14.8. The first-order valence-electron chi connectivity index (χ1n) is 7.02. The highest BCUT2D eigenvalue weighted by atomic mass is 32.2. The highest BCUT2D eigenvalue weighted by molar-refractivity contribution is 7.98. The molecule has 0 fully saturated rings. The van der Waals surface area contributed by atoms with Crippen molar-refractivity contribution >= 4 is 17.3 Å². The first-order valence-corrected chi connectivity index (χ1v) is 8.25. The van der Waals surface area contributed by atoms with Gasteiger partial charge in [-0.15, -0.1) is 0 Å². The third-order valence-electron chi connectivity index (χ3n) is 3.29. The van der Waals surface area contributed by atoms with Crippen LogP contribution in [0.5, 0.6) is 0 Å². The summed E-state index contributed by atoms with van der Waals surface area (Å²) in [6, 6.07) is 8.09. The molecule has 0 aliphatic rings. The molecule has 0 atom stereocenters. The maximum Gasteiger partial charge on any atom is 0.187 e. The van der Waals surface area contributed by atoms with Crippen LogP contribution in [0.2, 0.25) is 0 Å². The Labute approximate surface area is 128 Å². The van der Waals surface area contributed by atoms with Crippen LogP contribution in [0.1, 0.15) is 19.5 Å². The van der Waals surface area contributed by atoms with Gasteiger partial charge in [0.2, 0.25) is 0 Å². The summed E-state index contributed by atoms with van der Waals surface area (Å²) >= 11 is 1.56. The average Bonchev–Trinajstić information content (AvgIpc) is 2.84. The van der Waals surface area contributed by atoms with Crippen molar-refractivity contribution in [2.24, 2.45) is 5.92 Å². The lowest BCUT2D eigenvalue weighted by atomic mass is 10.0. The van der Waals surface area contributed by atoms with Gasteiger partial charge in [0, 0.05) is 18.0 Å². The number of aromatic nitrogens is 4. The number of thioether (sulfide) groups is 1. The minimum atomic E-state index is 0.551. The molecule has 0 aliphatic carbocycles. The van der Waals surface area contributed by atoms with Gasteiger partial charge < -0.3 is 0 Å². The fourth-order valence-electron chi connectivity index (χ4n) is 2.43. The molecule has 0 saturated carbocycles. The summed E-state index contributed by atoms with van der Waals surface area (Å²) in [5, 5.41) is 5.52. The second-order valence-corrected chi connectivity index (χ2v) is 6.15. The lowest BCUT2D eigenvalue weighted by molar-refractivity contribution is 0.631.